The topological polar surface area (TPSA) is 26.7 Å². The Labute approximate surface area is 92.9 Å². The zero-order valence-electron chi connectivity index (χ0n) is 9.08. The van der Waals surface area contributed by atoms with Gasteiger partial charge in [-0.05, 0) is 7.05 Å². The summed E-state index contributed by atoms with van der Waals surface area (Å²) in [6.45, 7) is 2.74. The van der Waals surface area contributed by atoms with E-state index in [1.165, 1.54) is 0 Å². The lowest BCUT2D eigenvalue weighted by Crippen LogP contribution is -2.45. The number of benzene rings is 1. The smallest absolute Gasteiger partial charge is 0.153 e. The first kappa shape index (κ1) is 11.1. The van der Waals surface area contributed by atoms with Crippen LogP contribution < -0.4 is 4.90 Å². The molecule has 0 bridgehead atoms. The molecule has 1 N–H and O–H groups in total. The summed E-state index contributed by atoms with van der Waals surface area (Å²) in [6.07, 6.45) is 0. The molecule has 1 aliphatic rings. The van der Waals surface area contributed by atoms with Crippen LogP contribution in [0.2, 0.25) is 0 Å². The van der Waals surface area contributed by atoms with Gasteiger partial charge in [0, 0.05) is 38.3 Å². The summed E-state index contributed by atoms with van der Waals surface area (Å²) in [5, 5.41) is 9.05. The van der Waals surface area contributed by atoms with Gasteiger partial charge in [-0.15, -0.1) is 0 Å². The Morgan fingerprint density at radius 1 is 1.06 bits per heavy atom. The highest BCUT2D eigenvalue weighted by Crippen LogP contribution is 2.28. The van der Waals surface area contributed by atoms with Crippen LogP contribution in [0.3, 0.4) is 0 Å². The average Bonchev–Trinajstić information content (AvgIpc) is 2.19. The van der Waals surface area contributed by atoms with Gasteiger partial charge in [0.05, 0.1) is 0 Å². The van der Waals surface area contributed by atoms with Gasteiger partial charge in [-0.25, -0.2) is 8.78 Å². The van der Waals surface area contributed by atoms with Crippen LogP contribution in [0.1, 0.15) is 0 Å². The number of hydrogen-bond donors (Lipinski definition) is 1. The average molecular weight is 228 g/mol. The Kier molecular flexibility index (Phi) is 2.96. The zero-order chi connectivity index (χ0) is 11.7. The summed E-state index contributed by atoms with van der Waals surface area (Å²) in [6, 6.07) is 1.88. The second-order valence-electron chi connectivity index (χ2n) is 4.05. The Morgan fingerprint density at radius 2 is 1.56 bits per heavy atom. The summed E-state index contributed by atoms with van der Waals surface area (Å²) in [5.74, 6) is -1.79. The lowest BCUT2D eigenvalue weighted by Gasteiger charge is -2.34. The third-order valence-corrected chi connectivity index (χ3v) is 2.82. The van der Waals surface area contributed by atoms with Crippen molar-refractivity contribution in [1.29, 1.82) is 0 Å². The van der Waals surface area contributed by atoms with Crippen LogP contribution in [0.4, 0.5) is 14.5 Å². The molecule has 0 amide bonds. The molecule has 88 valence electrons. The van der Waals surface area contributed by atoms with Crippen LogP contribution in [0.15, 0.2) is 12.1 Å². The molecule has 0 saturated carbocycles. The number of halogens is 2. The van der Waals surface area contributed by atoms with Crippen molar-refractivity contribution in [3.8, 4) is 5.75 Å². The standard InChI is InChI=1S/C11H14F2N2O/c1-14-2-4-15(5-3-14)11-9(12)6-8(16)7-10(11)13/h6-7,16H,2-5H2,1H3. The summed E-state index contributed by atoms with van der Waals surface area (Å²) >= 11 is 0. The highest BCUT2D eigenvalue weighted by molar-refractivity contribution is 5.52. The van der Waals surface area contributed by atoms with Crippen LogP contribution in [-0.4, -0.2) is 43.2 Å². The third kappa shape index (κ3) is 2.09. The van der Waals surface area contributed by atoms with E-state index in [4.69, 9.17) is 5.11 Å². The van der Waals surface area contributed by atoms with E-state index in [0.29, 0.717) is 13.1 Å². The molecule has 0 aromatic heterocycles. The number of nitrogens with zero attached hydrogens (tertiary/aromatic N) is 2. The maximum Gasteiger partial charge on any atom is 0.153 e. The maximum atomic E-state index is 13.5. The summed E-state index contributed by atoms with van der Waals surface area (Å²) in [5.41, 5.74) is -0.0362. The van der Waals surface area contributed by atoms with Crippen molar-refractivity contribution in [2.24, 2.45) is 0 Å². The fraction of sp³-hybridized carbons (Fsp3) is 0.455. The Bertz CT molecular complexity index is 367. The van der Waals surface area contributed by atoms with E-state index in [1.54, 1.807) is 4.90 Å². The normalized spacial score (nSPS) is 17.8. The largest absolute Gasteiger partial charge is 0.508 e. The lowest BCUT2D eigenvalue weighted by atomic mass is 10.2. The quantitative estimate of drug-likeness (QED) is 0.787. The molecule has 1 aliphatic heterocycles. The highest BCUT2D eigenvalue weighted by atomic mass is 19.1. The molecule has 0 atom stereocenters. The molecule has 1 saturated heterocycles. The molecule has 1 aromatic rings. The van der Waals surface area contributed by atoms with E-state index >= 15 is 0 Å². The Balaban J connectivity index is 2.26. The predicted octanol–water partition coefficient (Wildman–Crippen LogP) is 1.42. The van der Waals surface area contributed by atoms with Gasteiger partial charge < -0.3 is 14.9 Å². The minimum absolute atomic E-state index is 0.0362. The van der Waals surface area contributed by atoms with E-state index in [1.807, 2.05) is 7.05 Å². The van der Waals surface area contributed by atoms with Crippen molar-refractivity contribution in [1.82, 2.24) is 4.90 Å². The first-order chi connectivity index (χ1) is 7.58. The maximum absolute atomic E-state index is 13.5. The van der Waals surface area contributed by atoms with Gasteiger partial charge in [-0.2, -0.15) is 0 Å². The molecule has 1 aromatic carbocycles. The number of aromatic hydroxyl groups is 1. The van der Waals surface area contributed by atoms with Crippen LogP contribution >= 0.6 is 0 Å². The minimum atomic E-state index is -0.706. The second-order valence-corrected chi connectivity index (χ2v) is 4.05. The third-order valence-electron chi connectivity index (χ3n) is 2.82. The number of rotatable bonds is 1. The summed E-state index contributed by atoms with van der Waals surface area (Å²) < 4.78 is 27.1. The molecule has 0 unspecified atom stereocenters. The predicted molar refractivity (Wildman–Crippen MR) is 57.7 cm³/mol. The number of piperazine rings is 1. The molecule has 16 heavy (non-hydrogen) atoms. The van der Waals surface area contributed by atoms with Gasteiger partial charge in [0.25, 0.3) is 0 Å². The molecular weight excluding hydrogens is 214 g/mol. The summed E-state index contributed by atoms with van der Waals surface area (Å²) in [7, 11) is 1.97. The van der Waals surface area contributed by atoms with Gasteiger partial charge in [0.1, 0.15) is 11.4 Å². The van der Waals surface area contributed by atoms with Crippen molar-refractivity contribution in [2.75, 3.05) is 38.1 Å². The van der Waals surface area contributed by atoms with E-state index in [0.717, 1.165) is 25.2 Å². The molecule has 1 fully saturated rings. The van der Waals surface area contributed by atoms with Crippen LogP contribution in [0, 0.1) is 11.6 Å². The number of anilines is 1. The Hall–Kier alpha value is -1.36. The number of hydrogen-bond acceptors (Lipinski definition) is 3. The van der Waals surface area contributed by atoms with Crippen molar-refractivity contribution < 1.29 is 13.9 Å². The first-order valence-electron chi connectivity index (χ1n) is 5.19. The van der Waals surface area contributed by atoms with Gasteiger partial charge >= 0.3 is 0 Å². The molecule has 0 spiro atoms. The number of likely N-dealkylation sites (N-methyl/N-ethyl adjacent to an activating group) is 1. The first-order valence-corrected chi connectivity index (χ1v) is 5.19. The number of phenolic OH excluding ortho intramolecular Hbond substituents is 1. The van der Waals surface area contributed by atoms with Gasteiger partial charge in [0.2, 0.25) is 0 Å². The van der Waals surface area contributed by atoms with Gasteiger partial charge in [-0.1, -0.05) is 0 Å². The fourth-order valence-electron chi connectivity index (χ4n) is 1.88. The van der Waals surface area contributed by atoms with Crippen LogP contribution in [-0.2, 0) is 0 Å². The number of phenols is 1. The minimum Gasteiger partial charge on any atom is -0.508 e. The SMILES string of the molecule is CN1CCN(c2c(F)cc(O)cc2F)CC1. The molecule has 5 heteroatoms. The van der Waals surface area contributed by atoms with E-state index in [9.17, 15) is 8.78 Å². The molecule has 1 heterocycles. The van der Waals surface area contributed by atoms with E-state index in [2.05, 4.69) is 4.90 Å². The van der Waals surface area contributed by atoms with E-state index in [-0.39, 0.29) is 11.4 Å². The molecule has 0 radical (unpaired) electrons. The van der Waals surface area contributed by atoms with Gasteiger partial charge in [-0.3, -0.25) is 0 Å². The van der Waals surface area contributed by atoms with Crippen molar-refractivity contribution in [2.45, 2.75) is 0 Å². The van der Waals surface area contributed by atoms with E-state index < -0.39 is 11.6 Å². The van der Waals surface area contributed by atoms with Crippen molar-refractivity contribution in [3.05, 3.63) is 23.8 Å². The van der Waals surface area contributed by atoms with Crippen LogP contribution in [0.5, 0.6) is 5.75 Å². The highest BCUT2D eigenvalue weighted by Gasteiger charge is 2.21. The zero-order valence-corrected chi connectivity index (χ0v) is 9.08. The lowest BCUT2D eigenvalue weighted by molar-refractivity contribution is 0.310. The van der Waals surface area contributed by atoms with Crippen molar-refractivity contribution in [3.63, 3.8) is 0 Å². The Morgan fingerprint density at radius 3 is 2.06 bits per heavy atom. The molecular formula is C11H14F2N2O. The van der Waals surface area contributed by atoms with Gasteiger partial charge in [0.15, 0.2) is 11.6 Å². The van der Waals surface area contributed by atoms with Crippen molar-refractivity contribution >= 4 is 5.69 Å². The fourth-order valence-corrected chi connectivity index (χ4v) is 1.88. The monoisotopic (exact) mass is 228 g/mol. The molecule has 2 rings (SSSR count). The van der Waals surface area contributed by atoms with Crippen LogP contribution in [0.25, 0.3) is 0 Å². The summed E-state index contributed by atoms with van der Waals surface area (Å²) in [4.78, 5) is 3.77. The second kappa shape index (κ2) is 4.25. The molecule has 0 aliphatic carbocycles. The molecule has 3 nitrogen and oxygen atoms in total.